The van der Waals surface area contributed by atoms with Gasteiger partial charge in [-0.3, -0.25) is 14.6 Å². The molecule has 0 unspecified atom stereocenters. The van der Waals surface area contributed by atoms with Crippen LogP contribution in [0.4, 0.5) is 5.69 Å². The van der Waals surface area contributed by atoms with Gasteiger partial charge in [-0.25, -0.2) is 0 Å². The number of nitrogens with zero attached hydrogens (tertiary/aromatic N) is 1. The van der Waals surface area contributed by atoms with Gasteiger partial charge in [0.15, 0.2) is 0 Å². The third kappa shape index (κ3) is 4.82. The second-order valence-corrected chi connectivity index (χ2v) is 7.40. The van der Waals surface area contributed by atoms with E-state index < -0.39 is 24.5 Å². The second-order valence-electron chi connectivity index (χ2n) is 7.40. The van der Waals surface area contributed by atoms with E-state index in [4.69, 9.17) is 0 Å². The summed E-state index contributed by atoms with van der Waals surface area (Å²) in [5, 5.41) is 16.2. The Kier molecular flexibility index (Phi) is 6.53. The summed E-state index contributed by atoms with van der Waals surface area (Å²) in [6.45, 7) is -0.525. The quantitative estimate of drug-likeness (QED) is 0.423. The predicted octanol–water partition coefficient (Wildman–Crippen LogP) is 3.48. The van der Waals surface area contributed by atoms with E-state index in [0.717, 1.165) is 22.0 Å². The fourth-order valence-corrected chi connectivity index (χ4v) is 3.62. The molecule has 0 aliphatic rings. The Balaban J connectivity index is 1.52. The Morgan fingerprint density at radius 3 is 2.09 bits per heavy atom. The standard InChI is InChI=1S/C26H23N3O3/c30-17-23(25(31)28-21-13-14-22-20(16-21)12-7-15-27-22)29-26(32)24(18-8-3-1-4-9-18)19-10-5-2-6-11-19/h1-16,23-24,30H,17H2,(H,28,31)(H,29,32)/t23-/m0/s1. The number of aromatic nitrogens is 1. The minimum Gasteiger partial charge on any atom is -0.394 e. The topological polar surface area (TPSA) is 91.3 Å². The number of aliphatic hydroxyl groups is 1. The molecule has 6 nitrogen and oxygen atoms in total. The zero-order valence-electron chi connectivity index (χ0n) is 17.3. The molecule has 32 heavy (non-hydrogen) atoms. The van der Waals surface area contributed by atoms with Crippen LogP contribution >= 0.6 is 0 Å². The summed E-state index contributed by atoms with van der Waals surface area (Å²) < 4.78 is 0. The van der Waals surface area contributed by atoms with E-state index in [1.165, 1.54) is 0 Å². The average molecular weight is 425 g/mol. The van der Waals surface area contributed by atoms with Crippen LogP contribution in [0.1, 0.15) is 17.0 Å². The van der Waals surface area contributed by atoms with Crippen LogP contribution in [0.5, 0.6) is 0 Å². The molecule has 1 heterocycles. The molecule has 0 saturated heterocycles. The van der Waals surface area contributed by atoms with Crippen molar-refractivity contribution < 1.29 is 14.7 Å². The molecule has 2 amide bonds. The molecule has 4 aromatic rings. The van der Waals surface area contributed by atoms with Crippen LogP contribution in [0.25, 0.3) is 10.9 Å². The van der Waals surface area contributed by atoms with Crippen LogP contribution in [-0.4, -0.2) is 34.6 Å². The van der Waals surface area contributed by atoms with Crippen molar-refractivity contribution in [2.75, 3.05) is 11.9 Å². The number of carbonyl (C=O) groups excluding carboxylic acids is 2. The van der Waals surface area contributed by atoms with Gasteiger partial charge in [-0.15, -0.1) is 0 Å². The van der Waals surface area contributed by atoms with Gasteiger partial charge < -0.3 is 15.7 Å². The molecule has 0 spiro atoms. The van der Waals surface area contributed by atoms with Crippen LogP contribution < -0.4 is 10.6 Å². The lowest BCUT2D eigenvalue weighted by atomic mass is 9.90. The third-order valence-corrected chi connectivity index (χ3v) is 5.21. The largest absolute Gasteiger partial charge is 0.394 e. The molecule has 0 fully saturated rings. The lowest BCUT2D eigenvalue weighted by Gasteiger charge is -2.22. The number of nitrogens with one attached hydrogen (secondary N) is 2. The molecule has 0 aliphatic carbocycles. The normalized spacial score (nSPS) is 11.8. The zero-order valence-corrected chi connectivity index (χ0v) is 17.3. The van der Waals surface area contributed by atoms with Gasteiger partial charge in [-0.2, -0.15) is 0 Å². The van der Waals surface area contributed by atoms with E-state index in [9.17, 15) is 14.7 Å². The highest BCUT2D eigenvalue weighted by molar-refractivity contribution is 6.00. The Morgan fingerprint density at radius 2 is 1.47 bits per heavy atom. The third-order valence-electron chi connectivity index (χ3n) is 5.21. The number of rotatable bonds is 7. The lowest BCUT2D eigenvalue weighted by molar-refractivity contribution is -0.127. The molecule has 0 radical (unpaired) electrons. The minimum absolute atomic E-state index is 0.362. The predicted molar refractivity (Wildman–Crippen MR) is 124 cm³/mol. The monoisotopic (exact) mass is 425 g/mol. The van der Waals surface area contributed by atoms with Crippen molar-refractivity contribution in [3.05, 3.63) is 108 Å². The molecule has 1 atom stereocenters. The Hall–Kier alpha value is -4.03. The highest BCUT2D eigenvalue weighted by Gasteiger charge is 2.27. The Labute approximate surface area is 185 Å². The van der Waals surface area contributed by atoms with Gasteiger partial charge in [0.1, 0.15) is 6.04 Å². The number of hydrogen-bond acceptors (Lipinski definition) is 4. The van der Waals surface area contributed by atoms with Gasteiger partial charge in [-0.1, -0.05) is 66.7 Å². The summed E-state index contributed by atoms with van der Waals surface area (Å²) in [5.74, 6) is -1.46. The molecule has 1 aromatic heterocycles. The summed E-state index contributed by atoms with van der Waals surface area (Å²) in [6, 6.07) is 26.7. The van der Waals surface area contributed by atoms with E-state index in [0.29, 0.717) is 5.69 Å². The first kappa shape index (κ1) is 21.2. The number of anilines is 1. The fourth-order valence-electron chi connectivity index (χ4n) is 3.62. The molecule has 3 N–H and O–H groups in total. The summed E-state index contributed by atoms with van der Waals surface area (Å²) in [5.41, 5.74) is 2.97. The van der Waals surface area contributed by atoms with Crippen LogP contribution in [0.2, 0.25) is 0 Å². The maximum Gasteiger partial charge on any atom is 0.249 e. The van der Waals surface area contributed by atoms with Gasteiger partial charge in [0, 0.05) is 17.3 Å². The van der Waals surface area contributed by atoms with E-state index in [1.807, 2.05) is 72.8 Å². The van der Waals surface area contributed by atoms with Crippen molar-refractivity contribution in [3.8, 4) is 0 Å². The first-order chi connectivity index (χ1) is 15.7. The fraction of sp³-hybridized carbons (Fsp3) is 0.115. The smallest absolute Gasteiger partial charge is 0.249 e. The molecule has 0 aliphatic heterocycles. The van der Waals surface area contributed by atoms with E-state index in [-0.39, 0.29) is 5.91 Å². The molecule has 160 valence electrons. The van der Waals surface area contributed by atoms with E-state index in [1.54, 1.807) is 24.4 Å². The van der Waals surface area contributed by atoms with Crippen LogP contribution in [0.15, 0.2) is 97.2 Å². The van der Waals surface area contributed by atoms with Gasteiger partial charge in [0.25, 0.3) is 0 Å². The molecule has 3 aromatic carbocycles. The number of aliphatic hydroxyl groups excluding tert-OH is 1. The molecule has 6 heteroatoms. The van der Waals surface area contributed by atoms with Crippen molar-refractivity contribution in [1.82, 2.24) is 10.3 Å². The molecule has 0 saturated carbocycles. The SMILES string of the molecule is O=C(N[C@@H](CO)C(=O)Nc1ccc2ncccc2c1)C(c1ccccc1)c1ccccc1. The van der Waals surface area contributed by atoms with Crippen molar-refractivity contribution in [1.29, 1.82) is 0 Å². The van der Waals surface area contributed by atoms with Crippen molar-refractivity contribution >= 4 is 28.4 Å². The maximum atomic E-state index is 13.2. The number of hydrogen-bond donors (Lipinski definition) is 3. The first-order valence-corrected chi connectivity index (χ1v) is 10.3. The summed E-state index contributed by atoms with van der Waals surface area (Å²) in [4.78, 5) is 30.3. The minimum atomic E-state index is -1.10. The van der Waals surface area contributed by atoms with Gasteiger partial charge in [-0.05, 0) is 35.4 Å². The molecule has 4 rings (SSSR count). The van der Waals surface area contributed by atoms with Crippen LogP contribution in [0.3, 0.4) is 0 Å². The van der Waals surface area contributed by atoms with Gasteiger partial charge >= 0.3 is 0 Å². The van der Waals surface area contributed by atoms with E-state index >= 15 is 0 Å². The molecule has 0 bridgehead atoms. The summed E-state index contributed by atoms with van der Waals surface area (Å²) >= 11 is 0. The highest BCUT2D eigenvalue weighted by atomic mass is 16.3. The summed E-state index contributed by atoms with van der Waals surface area (Å²) in [6.07, 6.45) is 1.70. The summed E-state index contributed by atoms with van der Waals surface area (Å²) in [7, 11) is 0. The number of pyridine rings is 1. The lowest BCUT2D eigenvalue weighted by Crippen LogP contribution is -2.47. The van der Waals surface area contributed by atoms with Gasteiger partial charge in [0.05, 0.1) is 18.0 Å². The average Bonchev–Trinajstić information content (AvgIpc) is 2.84. The molecular formula is C26H23N3O3. The Morgan fingerprint density at radius 1 is 0.812 bits per heavy atom. The van der Waals surface area contributed by atoms with Gasteiger partial charge in [0.2, 0.25) is 11.8 Å². The van der Waals surface area contributed by atoms with Crippen molar-refractivity contribution in [3.63, 3.8) is 0 Å². The highest BCUT2D eigenvalue weighted by Crippen LogP contribution is 2.25. The van der Waals surface area contributed by atoms with E-state index in [2.05, 4.69) is 15.6 Å². The van der Waals surface area contributed by atoms with Crippen molar-refractivity contribution in [2.45, 2.75) is 12.0 Å². The zero-order chi connectivity index (χ0) is 22.3. The van der Waals surface area contributed by atoms with Crippen molar-refractivity contribution in [2.24, 2.45) is 0 Å². The Bertz CT molecular complexity index is 1170. The number of benzene rings is 3. The van der Waals surface area contributed by atoms with Crippen LogP contribution in [-0.2, 0) is 9.59 Å². The first-order valence-electron chi connectivity index (χ1n) is 10.3. The number of fused-ring (bicyclic) bond motifs is 1. The number of carbonyl (C=O) groups is 2. The maximum absolute atomic E-state index is 13.2. The van der Waals surface area contributed by atoms with Crippen LogP contribution in [0, 0.1) is 0 Å². The number of amides is 2. The molecular weight excluding hydrogens is 402 g/mol. The second kappa shape index (κ2) is 9.85.